The molecule has 1 aromatic heterocycles. The number of carbonyl (C=O) groups is 1. The normalized spacial score (nSPS) is 20.3. The number of aliphatic hydroxyl groups is 1. The molecule has 5 nitrogen and oxygen atoms in total. The summed E-state index contributed by atoms with van der Waals surface area (Å²) in [7, 11) is 1.89. The summed E-state index contributed by atoms with van der Waals surface area (Å²) >= 11 is 0. The summed E-state index contributed by atoms with van der Waals surface area (Å²) < 4.78 is 15.4. The molecule has 0 saturated carbocycles. The van der Waals surface area contributed by atoms with Gasteiger partial charge in [0.25, 0.3) is 0 Å². The number of nitrogens with zero attached hydrogens (tertiary/aromatic N) is 3. The topological polar surface area (TPSA) is 58.4 Å². The van der Waals surface area contributed by atoms with Crippen LogP contribution in [-0.2, 0) is 18.3 Å². The van der Waals surface area contributed by atoms with Crippen molar-refractivity contribution in [3.05, 3.63) is 52.6 Å². The Hall–Kier alpha value is -2.21. The Kier molecular flexibility index (Phi) is 4.90. The lowest BCUT2D eigenvalue weighted by Crippen LogP contribution is -2.32. The summed E-state index contributed by atoms with van der Waals surface area (Å²) in [6.45, 7) is 4.24. The predicted octanol–water partition coefficient (Wildman–Crippen LogP) is 2.44. The molecule has 1 fully saturated rings. The Labute approximate surface area is 147 Å². The van der Waals surface area contributed by atoms with E-state index in [1.807, 2.05) is 31.6 Å². The molecular weight excluding hydrogens is 321 g/mol. The summed E-state index contributed by atoms with van der Waals surface area (Å²) in [5.74, 6) is -0.346. The van der Waals surface area contributed by atoms with Crippen LogP contribution >= 0.6 is 0 Å². The zero-order valence-electron chi connectivity index (χ0n) is 14.9. The summed E-state index contributed by atoms with van der Waals surface area (Å²) in [6, 6.07) is 6.00. The second-order valence-electron chi connectivity index (χ2n) is 6.78. The zero-order chi connectivity index (χ0) is 18.1. The SMILES string of the molecule is Cc1nn(C)c(C)c1CCC(=O)N1CC(O)CC1c1cccc(F)c1. The number of β-amino-alcohol motifs (C(OH)–C–C–N with tert-alkyl or cyclic N) is 1. The standard InChI is InChI=1S/C19H24FN3O2/c1-12-17(13(2)22(3)21-12)7-8-19(25)23-11-16(24)10-18(23)14-5-4-6-15(20)9-14/h4-6,9,16,18,24H,7-8,10-11H2,1-3H3. The van der Waals surface area contributed by atoms with E-state index in [9.17, 15) is 14.3 Å². The first kappa shape index (κ1) is 17.6. The van der Waals surface area contributed by atoms with Crippen molar-refractivity contribution < 1.29 is 14.3 Å². The van der Waals surface area contributed by atoms with Crippen LogP contribution in [0.5, 0.6) is 0 Å². The molecule has 1 aromatic carbocycles. The van der Waals surface area contributed by atoms with Crippen molar-refractivity contribution in [3.63, 3.8) is 0 Å². The van der Waals surface area contributed by atoms with Crippen molar-refractivity contribution in [2.75, 3.05) is 6.54 Å². The molecule has 0 bridgehead atoms. The van der Waals surface area contributed by atoms with Gasteiger partial charge in [-0.15, -0.1) is 0 Å². The maximum absolute atomic E-state index is 13.5. The van der Waals surface area contributed by atoms with Crippen molar-refractivity contribution in [1.82, 2.24) is 14.7 Å². The van der Waals surface area contributed by atoms with Crippen molar-refractivity contribution in [2.24, 2.45) is 7.05 Å². The van der Waals surface area contributed by atoms with Crippen LogP contribution in [-0.4, -0.2) is 38.3 Å². The third kappa shape index (κ3) is 3.58. The lowest BCUT2D eigenvalue weighted by atomic mass is 10.0. The number of aromatic nitrogens is 2. The Bertz CT molecular complexity index is 787. The fourth-order valence-electron chi connectivity index (χ4n) is 3.67. The van der Waals surface area contributed by atoms with Crippen LogP contribution in [0.1, 0.15) is 41.4 Å². The van der Waals surface area contributed by atoms with Gasteiger partial charge in [-0.1, -0.05) is 12.1 Å². The Morgan fingerprint density at radius 1 is 1.40 bits per heavy atom. The first-order valence-corrected chi connectivity index (χ1v) is 8.59. The van der Waals surface area contributed by atoms with Crippen LogP contribution in [0.25, 0.3) is 0 Å². The molecule has 0 radical (unpaired) electrons. The lowest BCUT2D eigenvalue weighted by Gasteiger charge is -2.25. The minimum absolute atomic E-state index is 0.0199. The van der Waals surface area contributed by atoms with E-state index in [4.69, 9.17) is 0 Å². The molecule has 1 aliphatic heterocycles. The number of amides is 1. The van der Waals surface area contributed by atoms with E-state index in [-0.39, 0.29) is 17.8 Å². The molecule has 1 N–H and O–H groups in total. The zero-order valence-corrected chi connectivity index (χ0v) is 14.9. The molecule has 2 aromatic rings. The number of aryl methyl sites for hydroxylation is 2. The third-order valence-corrected chi connectivity index (χ3v) is 5.08. The highest BCUT2D eigenvalue weighted by Gasteiger charge is 2.35. The molecule has 3 rings (SSSR count). The second kappa shape index (κ2) is 6.96. The van der Waals surface area contributed by atoms with Crippen LogP contribution in [0.4, 0.5) is 4.39 Å². The van der Waals surface area contributed by atoms with E-state index in [1.54, 1.807) is 11.0 Å². The minimum Gasteiger partial charge on any atom is -0.391 e. The number of rotatable bonds is 4. The molecule has 0 spiro atoms. The highest BCUT2D eigenvalue weighted by atomic mass is 19.1. The highest BCUT2D eigenvalue weighted by molar-refractivity contribution is 5.77. The Morgan fingerprint density at radius 2 is 2.16 bits per heavy atom. The maximum atomic E-state index is 13.5. The van der Waals surface area contributed by atoms with Gasteiger partial charge in [0, 0.05) is 25.7 Å². The summed E-state index contributed by atoms with van der Waals surface area (Å²) in [6.07, 6.45) is 0.845. The second-order valence-corrected chi connectivity index (χ2v) is 6.78. The van der Waals surface area contributed by atoms with Crippen LogP contribution in [0.3, 0.4) is 0 Å². The molecule has 1 aliphatic rings. The number of halogens is 1. The van der Waals surface area contributed by atoms with E-state index in [0.717, 1.165) is 22.5 Å². The summed E-state index contributed by atoms with van der Waals surface area (Å²) in [4.78, 5) is 14.4. The molecule has 1 saturated heterocycles. The maximum Gasteiger partial charge on any atom is 0.223 e. The Balaban J connectivity index is 1.73. The molecule has 1 amide bonds. The van der Waals surface area contributed by atoms with Gasteiger partial charge >= 0.3 is 0 Å². The fourth-order valence-corrected chi connectivity index (χ4v) is 3.67. The molecular formula is C19H24FN3O2. The smallest absolute Gasteiger partial charge is 0.223 e. The molecule has 2 heterocycles. The summed E-state index contributed by atoms with van der Waals surface area (Å²) in [5.41, 5.74) is 3.83. The van der Waals surface area contributed by atoms with Crippen LogP contribution in [0.2, 0.25) is 0 Å². The van der Waals surface area contributed by atoms with Gasteiger partial charge in [0.1, 0.15) is 5.82 Å². The minimum atomic E-state index is -0.570. The van der Waals surface area contributed by atoms with E-state index in [0.29, 0.717) is 25.8 Å². The van der Waals surface area contributed by atoms with E-state index in [1.165, 1.54) is 12.1 Å². The number of benzene rings is 1. The molecule has 2 unspecified atom stereocenters. The van der Waals surface area contributed by atoms with Gasteiger partial charge in [0.15, 0.2) is 0 Å². The quantitative estimate of drug-likeness (QED) is 0.926. The largest absolute Gasteiger partial charge is 0.391 e. The fraction of sp³-hybridized carbons (Fsp3) is 0.474. The van der Waals surface area contributed by atoms with Gasteiger partial charge in [-0.25, -0.2) is 4.39 Å². The van der Waals surface area contributed by atoms with Crippen molar-refractivity contribution >= 4 is 5.91 Å². The van der Waals surface area contributed by atoms with E-state index in [2.05, 4.69) is 5.10 Å². The number of hydrogen-bond donors (Lipinski definition) is 1. The van der Waals surface area contributed by atoms with Crippen molar-refractivity contribution in [1.29, 1.82) is 0 Å². The van der Waals surface area contributed by atoms with Gasteiger partial charge in [-0.05, 0) is 49.9 Å². The Morgan fingerprint density at radius 3 is 2.80 bits per heavy atom. The number of carbonyl (C=O) groups excluding carboxylic acids is 1. The van der Waals surface area contributed by atoms with Crippen molar-refractivity contribution in [3.8, 4) is 0 Å². The van der Waals surface area contributed by atoms with Crippen molar-refractivity contribution in [2.45, 2.75) is 45.3 Å². The van der Waals surface area contributed by atoms with Crippen LogP contribution < -0.4 is 0 Å². The molecule has 25 heavy (non-hydrogen) atoms. The molecule has 2 atom stereocenters. The van der Waals surface area contributed by atoms with Gasteiger partial charge < -0.3 is 10.0 Å². The number of hydrogen-bond acceptors (Lipinski definition) is 3. The van der Waals surface area contributed by atoms with Gasteiger partial charge in [0.05, 0.1) is 17.8 Å². The van der Waals surface area contributed by atoms with Gasteiger partial charge in [-0.3, -0.25) is 9.48 Å². The van der Waals surface area contributed by atoms with E-state index < -0.39 is 6.10 Å². The van der Waals surface area contributed by atoms with Gasteiger partial charge in [-0.2, -0.15) is 5.10 Å². The first-order chi connectivity index (χ1) is 11.9. The van der Waals surface area contributed by atoms with E-state index >= 15 is 0 Å². The molecule has 0 aliphatic carbocycles. The highest BCUT2D eigenvalue weighted by Crippen LogP contribution is 2.33. The third-order valence-electron chi connectivity index (χ3n) is 5.08. The average molecular weight is 345 g/mol. The van der Waals surface area contributed by atoms with Gasteiger partial charge in [0.2, 0.25) is 5.91 Å². The molecule has 134 valence electrons. The van der Waals surface area contributed by atoms with Crippen LogP contribution in [0.15, 0.2) is 24.3 Å². The number of likely N-dealkylation sites (tertiary alicyclic amines) is 1. The predicted molar refractivity (Wildman–Crippen MR) is 92.5 cm³/mol. The number of aliphatic hydroxyl groups excluding tert-OH is 1. The van der Waals surface area contributed by atoms with Crippen LogP contribution in [0, 0.1) is 19.7 Å². The lowest BCUT2D eigenvalue weighted by molar-refractivity contribution is -0.132. The summed E-state index contributed by atoms with van der Waals surface area (Å²) in [5, 5.41) is 14.4. The average Bonchev–Trinajstić information content (AvgIpc) is 3.06. The molecule has 6 heteroatoms. The monoisotopic (exact) mass is 345 g/mol. The first-order valence-electron chi connectivity index (χ1n) is 8.59.